The molecule has 0 unspecified atom stereocenters. The average Bonchev–Trinajstić information content (AvgIpc) is 3.15. The maximum atomic E-state index is 9.79. The quantitative estimate of drug-likeness (QED) is 0.907. The maximum absolute atomic E-state index is 9.79. The van der Waals surface area contributed by atoms with Crippen molar-refractivity contribution in [2.45, 2.75) is 38.5 Å². The van der Waals surface area contributed by atoms with E-state index in [0.29, 0.717) is 18.4 Å². The van der Waals surface area contributed by atoms with Gasteiger partial charge in [-0.15, -0.1) is 0 Å². The molecule has 1 aliphatic rings. The third kappa shape index (κ3) is 2.88. The van der Waals surface area contributed by atoms with Gasteiger partial charge < -0.3 is 14.4 Å². The number of aromatic nitrogens is 2. The van der Waals surface area contributed by atoms with Crippen LogP contribution in [0.5, 0.6) is 5.75 Å². The van der Waals surface area contributed by atoms with Gasteiger partial charge in [-0.05, 0) is 31.9 Å². The highest BCUT2D eigenvalue weighted by atomic mass is 79.9. The Morgan fingerprint density at radius 1 is 1.50 bits per heavy atom. The Kier molecular flexibility index (Phi) is 3.81. The number of aliphatic hydroxyl groups is 1. The Morgan fingerprint density at radius 2 is 2.30 bits per heavy atom. The number of halogens is 1. The van der Waals surface area contributed by atoms with Gasteiger partial charge in [0.2, 0.25) is 0 Å². The molecule has 0 radical (unpaired) electrons. The number of rotatable bonds is 5. The van der Waals surface area contributed by atoms with Crippen molar-refractivity contribution in [3.8, 4) is 5.75 Å². The fraction of sp³-hybridized carbons (Fsp3) is 0.400. The van der Waals surface area contributed by atoms with Crippen molar-refractivity contribution in [3.05, 3.63) is 46.5 Å². The van der Waals surface area contributed by atoms with Crippen molar-refractivity contribution in [3.63, 3.8) is 0 Å². The van der Waals surface area contributed by atoms with Gasteiger partial charge >= 0.3 is 0 Å². The molecule has 1 aromatic carbocycles. The molecule has 2 aromatic rings. The van der Waals surface area contributed by atoms with E-state index >= 15 is 0 Å². The SMILES string of the molecule is C[C@H](O)c1ccc(Br)cc1OCc1cncn1C1CC1. The Morgan fingerprint density at radius 3 is 3.00 bits per heavy atom. The third-order valence-corrected chi connectivity index (χ3v) is 3.98. The summed E-state index contributed by atoms with van der Waals surface area (Å²) in [5, 5.41) is 9.79. The maximum Gasteiger partial charge on any atom is 0.130 e. The monoisotopic (exact) mass is 336 g/mol. The van der Waals surface area contributed by atoms with E-state index in [9.17, 15) is 5.11 Å². The number of nitrogens with zero attached hydrogens (tertiary/aromatic N) is 2. The van der Waals surface area contributed by atoms with Crippen LogP contribution in [0.25, 0.3) is 0 Å². The molecule has 1 aromatic heterocycles. The zero-order chi connectivity index (χ0) is 14.1. The van der Waals surface area contributed by atoms with Crippen LogP contribution in [0.3, 0.4) is 0 Å². The van der Waals surface area contributed by atoms with Gasteiger partial charge in [-0.2, -0.15) is 0 Å². The zero-order valence-electron chi connectivity index (χ0n) is 11.3. The Labute approximate surface area is 126 Å². The van der Waals surface area contributed by atoms with Crippen molar-refractivity contribution >= 4 is 15.9 Å². The van der Waals surface area contributed by atoms with Crippen LogP contribution < -0.4 is 4.74 Å². The Hall–Kier alpha value is -1.33. The van der Waals surface area contributed by atoms with Crippen LogP contribution in [-0.4, -0.2) is 14.7 Å². The first-order valence-corrected chi connectivity index (χ1v) is 7.55. The van der Waals surface area contributed by atoms with Crippen molar-refractivity contribution in [1.82, 2.24) is 9.55 Å². The molecule has 0 amide bonds. The summed E-state index contributed by atoms with van der Waals surface area (Å²) >= 11 is 3.43. The van der Waals surface area contributed by atoms with Crippen LogP contribution >= 0.6 is 15.9 Å². The molecule has 3 rings (SSSR count). The highest BCUT2D eigenvalue weighted by molar-refractivity contribution is 9.10. The molecule has 0 saturated heterocycles. The summed E-state index contributed by atoms with van der Waals surface area (Å²) in [6.07, 6.45) is 5.61. The van der Waals surface area contributed by atoms with Crippen molar-refractivity contribution in [2.24, 2.45) is 0 Å². The van der Waals surface area contributed by atoms with Crippen molar-refractivity contribution in [2.75, 3.05) is 0 Å². The third-order valence-electron chi connectivity index (χ3n) is 3.49. The van der Waals surface area contributed by atoms with Gasteiger partial charge in [0.25, 0.3) is 0 Å². The van der Waals surface area contributed by atoms with E-state index < -0.39 is 6.10 Å². The van der Waals surface area contributed by atoms with Crippen LogP contribution in [0.4, 0.5) is 0 Å². The molecule has 1 aliphatic carbocycles. The van der Waals surface area contributed by atoms with Crippen molar-refractivity contribution < 1.29 is 9.84 Å². The molecule has 5 heteroatoms. The molecule has 4 nitrogen and oxygen atoms in total. The summed E-state index contributed by atoms with van der Waals surface area (Å²) < 4.78 is 9.01. The van der Waals surface area contributed by atoms with Gasteiger partial charge in [-0.25, -0.2) is 4.98 Å². The van der Waals surface area contributed by atoms with E-state index in [1.807, 2.05) is 30.7 Å². The predicted molar refractivity (Wildman–Crippen MR) is 79.6 cm³/mol. The first-order chi connectivity index (χ1) is 9.65. The van der Waals surface area contributed by atoms with E-state index in [1.54, 1.807) is 6.92 Å². The number of ether oxygens (including phenoxy) is 1. The molecule has 106 valence electrons. The normalized spacial score (nSPS) is 16.1. The number of benzene rings is 1. The summed E-state index contributed by atoms with van der Waals surface area (Å²) in [4.78, 5) is 4.20. The number of hydrogen-bond acceptors (Lipinski definition) is 3. The molecule has 1 N–H and O–H groups in total. The van der Waals surface area contributed by atoms with E-state index in [4.69, 9.17) is 4.74 Å². The van der Waals surface area contributed by atoms with Crippen LogP contribution in [0.15, 0.2) is 35.2 Å². The largest absolute Gasteiger partial charge is 0.487 e. The van der Waals surface area contributed by atoms with Crippen LogP contribution in [0.1, 0.15) is 43.2 Å². The summed E-state index contributed by atoms with van der Waals surface area (Å²) in [7, 11) is 0. The van der Waals surface area contributed by atoms with Gasteiger partial charge in [-0.1, -0.05) is 22.0 Å². The minimum absolute atomic E-state index is 0.465. The number of hydrogen-bond donors (Lipinski definition) is 1. The molecule has 1 heterocycles. The highest BCUT2D eigenvalue weighted by Crippen LogP contribution is 2.36. The molecule has 20 heavy (non-hydrogen) atoms. The second-order valence-corrected chi connectivity index (χ2v) is 6.09. The summed E-state index contributed by atoms with van der Waals surface area (Å²) in [6, 6.07) is 6.26. The first-order valence-electron chi connectivity index (χ1n) is 6.76. The minimum atomic E-state index is -0.550. The summed E-state index contributed by atoms with van der Waals surface area (Å²) in [5.74, 6) is 0.706. The highest BCUT2D eigenvalue weighted by Gasteiger charge is 2.25. The lowest BCUT2D eigenvalue weighted by molar-refractivity contribution is 0.189. The number of aliphatic hydroxyl groups excluding tert-OH is 1. The molecule has 1 saturated carbocycles. The van der Waals surface area contributed by atoms with E-state index in [0.717, 1.165) is 15.7 Å². The van der Waals surface area contributed by atoms with E-state index in [-0.39, 0.29) is 0 Å². The fourth-order valence-electron chi connectivity index (χ4n) is 2.26. The molecule has 0 aliphatic heterocycles. The van der Waals surface area contributed by atoms with Crippen LogP contribution in [0, 0.1) is 0 Å². The lowest BCUT2D eigenvalue weighted by Gasteiger charge is -2.14. The Bertz CT molecular complexity index is 606. The smallest absolute Gasteiger partial charge is 0.130 e. The van der Waals surface area contributed by atoms with Gasteiger partial charge in [0.1, 0.15) is 12.4 Å². The van der Waals surface area contributed by atoms with E-state index in [1.165, 1.54) is 12.8 Å². The number of imidazole rings is 1. The standard InChI is InChI=1S/C15H17BrN2O2/c1-10(19)14-5-2-11(16)6-15(14)20-8-13-7-17-9-18(13)12-3-4-12/h2,5-7,9-10,12,19H,3-4,8H2,1H3/t10-/m0/s1. The predicted octanol–water partition coefficient (Wildman–Crippen LogP) is 3.61. The Balaban J connectivity index is 1.77. The lowest BCUT2D eigenvalue weighted by Crippen LogP contribution is -2.05. The second kappa shape index (κ2) is 5.58. The average molecular weight is 337 g/mol. The lowest BCUT2D eigenvalue weighted by atomic mass is 10.1. The molecular formula is C15H17BrN2O2. The van der Waals surface area contributed by atoms with E-state index in [2.05, 4.69) is 25.5 Å². The summed E-state index contributed by atoms with van der Waals surface area (Å²) in [5.41, 5.74) is 1.87. The van der Waals surface area contributed by atoms with Gasteiger partial charge in [0.05, 0.1) is 24.3 Å². The second-order valence-electron chi connectivity index (χ2n) is 5.17. The molecule has 0 bridgehead atoms. The van der Waals surface area contributed by atoms with Gasteiger partial charge in [0, 0.05) is 16.1 Å². The summed E-state index contributed by atoms with van der Waals surface area (Å²) in [6.45, 7) is 2.21. The topological polar surface area (TPSA) is 47.3 Å². The molecule has 0 spiro atoms. The molecule has 1 fully saturated rings. The zero-order valence-corrected chi connectivity index (χ0v) is 12.9. The van der Waals surface area contributed by atoms with Crippen LogP contribution in [-0.2, 0) is 6.61 Å². The minimum Gasteiger partial charge on any atom is -0.487 e. The first kappa shape index (κ1) is 13.6. The van der Waals surface area contributed by atoms with Gasteiger partial charge in [-0.3, -0.25) is 0 Å². The van der Waals surface area contributed by atoms with Gasteiger partial charge in [0.15, 0.2) is 0 Å². The molecular weight excluding hydrogens is 320 g/mol. The van der Waals surface area contributed by atoms with Crippen molar-refractivity contribution in [1.29, 1.82) is 0 Å². The fourth-order valence-corrected chi connectivity index (χ4v) is 2.60. The molecule has 1 atom stereocenters. The van der Waals surface area contributed by atoms with Crippen LogP contribution in [0.2, 0.25) is 0 Å².